The van der Waals surface area contributed by atoms with E-state index in [-0.39, 0.29) is 88.1 Å². The van der Waals surface area contributed by atoms with Crippen LogP contribution >= 0.6 is 0 Å². The summed E-state index contributed by atoms with van der Waals surface area (Å²) in [4.78, 5) is 70.7. The summed E-state index contributed by atoms with van der Waals surface area (Å²) >= 11 is 0. The maximum absolute atomic E-state index is 13.6. The van der Waals surface area contributed by atoms with Crippen LogP contribution in [0.5, 0.6) is 0 Å². The zero-order chi connectivity index (χ0) is 50.9. The van der Waals surface area contributed by atoms with Crippen LogP contribution in [-0.4, -0.2) is 186 Å². The van der Waals surface area contributed by atoms with Gasteiger partial charge in [-0.1, -0.05) is 0 Å². The molecule has 7 unspecified atom stereocenters. The summed E-state index contributed by atoms with van der Waals surface area (Å²) in [5.74, 6) is -1.04. The van der Waals surface area contributed by atoms with Crippen LogP contribution in [0, 0.1) is 34.3 Å². The first-order valence-corrected chi connectivity index (χ1v) is 20.5. The molecule has 0 bridgehead atoms. The number of nitriles is 2. The number of ether oxygens (including phenoxy) is 2. The lowest BCUT2D eigenvalue weighted by Crippen LogP contribution is -2.55. The van der Waals surface area contributed by atoms with Gasteiger partial charge in [0.2, 0.25) is 11.9 Å². The molecule has 7 atom stereocenters. The molecular formula is C41H58F6N10O12. The molecule has 0 spiro atoms. The Balaban J connectivity index is 0.000000869. The Morgan fingerprint density at radius 1 is 0.696 bits per heavy atom. The first-order valence-electron chi connectivity index (χ1n) is 20.5. The van der Waals surface area contributed by atoms with Crippen molar-refractivity contribution in [3.8, 4) is 12.1 Å². The molecule has 4 aliphatic heterocycles. The molecular weight excluding hydrogens is 938 g/mol. The molecule has 4 aliphatic rings. The molecule has 6 rings (SSSR count). The van der Waals surface area contributed by atoms with Crippen LogP contribution < -0.4 is 9.80 Å². The van der Waals surface area contributed by atoms with Gasteiger partial charge >= 0.3 is 18.3 Å². The molecule has 28 heteroatoms. The lowest BCUT2D eigenvalue weighted by Gasteiger charge is -2.37. The van der Waals surface area contributed by atoms with Crippen LogP contribution in [0.2, 0.25) is 0 Å². The number of carbonyl (C=O) groups excluding carboxylic acids is 5. The second-order valence-electron chi connectivity index (χ2n) is 17.3. The van der Waals surface area contributed by atoms with Crippen molar-refractivity contribution in [2.45, 2.75) is 120 Å². The Bertz CT molecular complexity index is 2060. The highest BCUT2D eigenvalue weighted by Gasteiger charge is 2.45. The molecule has 2 aromatic heterocycles. The van der Waals surface area contributed by atoms with Crippen LogP contribution in [0.15, 0.2) is 24.8 Å². The molecule has 6 heterocycles. The number of likely N-dealkylation sites (tertiary alicyclic amines) is 2. The standard InChI is InChI=1S/C11H17FN2O3.C10H10F2N4O.C10H16FNO3.C9H11F2N3O.CO2.2H2O/c1-10(2,3)17-9(15)14-5-4-11(16,7-13)8(12)6-14;11-7-3-14-9(15-4-7)16-2-1-10(17,6-13)8(12)5-16;1-10(2,3)15-9(14)12-5-4-8(13)7(11)6-12;10-6-3-12-9(13-4-6)14-2-1-8(15)7(11)5-14;2-1-3;;/h8,16H,4-6H2,1-3H3;3-4,8,17H,1-2,5H2;7H,4-6H2,1-3H3;3-4,7-8,15H,1-2,5H2;;2*1H2. The Morgan fingerprint density at radius 3 is 1.45 bits per heavy atom. The summed E-state index contributed by atoms with van der Waals surface area (Å²) in [6, 6.07) is 3.10. The SMILES string of the molecule is CC(C)(C)OC(=O)N1CCC(=O)C(F)C1.CC(C)(C)OC(=O)N1CCC(O)(C#N)C(F)C1.N#CC1(O)CCN(c2ncc(F)cn2)CC1F.O.O.O=C=O.OC1CCN(c2ncc(F)cn2)CC1F. The number of rotatable bonds is 2. The van der Waals surface area contributed by atoms with E-state index in [2.05, 4.69) is 19.9 Å². The number of aromatic nitrogens is 4. The van der Waals surface area contributed by atoms with E-state index in [1.165, 1.54) is 20.8 Å². The zero-order valence-corrected chi connectivity index (χ0v) is 38.6. The molecule has 4 fully saturated rings. The summed E-state index contributed by atoms with van der Waals surface area (Å²) in [7, 11) is 0. The first kappa shape index (κ1) is 62.7. The summed E-state index contributed by atoms with van der Waals surface area (Å²) in [6.45, 7) is 10.8. The van der Waals surface area contributed by atoms with E-state index in [0.717, 1.165) is 24.8 Å². The Hall–Kier alpha value is -6.29. The van der Waals surface area contributed by atoms with Crippen LogP contribution in [0.4, 0.5) is 47.8 Å². The number of anilines is 2. The average Bonchev–Trinajstić information content (AvgIpc) is 3.25. The predicted molar refractivity (Wildman–Crippen MR) is 226 cm³/mol. The van der Waals surface area contributed by atoms with Gasteiger partial charge < -0.3 is 55.3 Å². The lowest BCUT2D eigenvalue weighted by atomic mass is 9.91. The van der Waals surface area contributed by atoms with E-state index < -0.39 is 82.8 Å². The van der Waals surface area contributed by atoms with Gasteiger partial charge in [-0.15, -0.1) is 0 Å². The number of halogens is 6. The van der Waals surface area contributed by atoms with Crippen molar-refractivity contribution in [1.29, 1.82) is 10.5 Å². The highest BCUT2D eigenvalue weighted by atomic mass is 19.2. The van der Waals surface area contributed by atoms with Gasteiger partial charge in [0.1, 0.15) is 29.5 Å². The fourth-order valence-corrected chi connectivity index (χ4v) is 6.01. The number of piperidine rings is 4. The van der Waals surface area contributed by atoms with Gasteiger partial charge in [0.05, 0.1) is 57.1 Å². The zero-order valence-electron chi connectivity index (χ0n) is 38.6. The molecule has 0 aromatic carbocycles. The van der Waals surface area contributed by atoms with Gasteiger partial charge in [-0.2, -0.15) is 20.1 Å². The second-order valence-corrected chi connectivity index (χ2v) is 17.3. The van der Waals surface area contributed by atoms with Crippen LogP contribution in [0.3, 0.4) is 0 Å². The van der Waals surface area contributed by atoms with Gasteiger partial charge in [-0.05, 0) is 48.0 Å². The summed E-state index contributed by atoms with van der Waals surface area (Å²) < 4.78 is 88.6. The third-order valence-electron chi connectivity index (χ3n) is 9.66. The van der Waals surface area contributed by atoms with Gasteiger partial charge in [0, 0.05) is 45.4 Å². The van der Waals surface area contributed by atoms with Crippen molar-refractivity contribution >= 4 is 36.0 Å². The number of alkyl halides is 4. The largest absolute Gasteiger partial charge is 0.444 e. The molecule has 0 aliphatic carbocycles. The maximum atomic E-state index is 13.6. The highest BCUT2D eigenvalue weighted by Crippen LogP contribution is 2.28. The van der Waals surface area contributed by atoms with Crippen LogP contribution in [0.25, 0.3) is 0 Å². The molecule has 22 nitrogen and oxygen atoms in total. The minimum Gasteiger partial charge on any atom is -0.444 e. The molecule has 4 saturated heterocycles. The van der Waals surface area contributed by atoms with Crippen molar-refractivity contribution in [1.82, 2.24) is 29.7 Å². The quantitative estimate of drug-likeness (QED) is 0.283. The Kier molecular flexibility index (Phi) is 25.1. The minimum atomic E-state index is -1.99. The lowest BCUT2D eigenvalue weighted by molar-refractivity contribution is -0.191. The van der Waals surface area contributed by atoms with E-state index in [4.69, 9.17) is 29.6 Å². The van der Waals surface area contributed by atoms with Crippen molar-refractivity contribution in [2.75, 3.05) is 62.2 Å². The summed E-state index contributed by atoms with van der Waals surface area (Å²) in [5.41, 5.74) is -5.18. The van der Waals surface area contributed by atoms with Crippen LogP contribution in [0.1, 0.15) is 67.2 Å². The number of aliphatic hydroxyl groups excluding tert-OH is 1. The number of aliphatic hydroxyl groups is 3. The summed E-state index contributed by atoms with van der Waals surface area (Å²) in [6.07, 6.45) is -3.86. The monoisotopic (exact) mass is 996 g/mol. The molecule has 386 valence electrons. The van der Waals surface area contributed by atoms with E-state index in [1.54, 1.807) is 52.5 Å². The predicted octanol–water partition coefficient (Wildman–Crippen LogP) is 1.46. The molecule has 2 aromatic rings. The number of hydrogen-bond donors (Lipinski definition) is 3. The number of ketones is 1. The molecule has 69 heavy (non-hydrogen) atoms. The smallest absolute Gasteiger partial charge is 0.410 e. The average molecular weight is 997 g/mol. The minimum absolute atomic E-state index is 0. The van der Waals surface area contributed by atoms with Gasteiger partial charge in [0.15, 0.2) is 47.1 Å². The fraction of sp³-hybridized carbons (Fsp3) is 0.659. The Labute approximate surface area is 393 Å². The number of amides is 2. The molecule has 7 N–H and O–H groups in total. The van der Waals surface area contributed by atoms with E-state index in [0.29, 0.717) is 18.9 Å². The number of Topliss-reactive ketones (excluding diaryl/α,β-unsaturated/α-hetero) is 1. The van der Waals surface area contributed by atoms with Gasteiger partial charge in [-0.25, -0.2) is 55.9 Å². The molecule has 0 radical (unpaired) electrons. The normalized spacial score (nSPS) is 25.3. The van der Waals surface area contributed by atoms with E-state index in [9.17, 15) is 56.0 Å². The van der Waals surface area contributed by atoms with Crippen molar-refractivity contribution in [2.24, 2.45) is 0 Å². The van der Waals surface area contributed by atoms with Crippen molar-refractivity contribution in [3.63, 3.8) is 0 Å². The molecule has 0 saturated carbocycles. The Morgan fingerprint density at radius 2 is 1.09 bits per heavy atom. The van der Waals surface area contributed by atoms with Crippen molar-refractivity contribution < 1.29 is 86.1 Å². The number of carbonyl (C=O) groups is 3. The summed E-state index contributed by atoms with van der Waals surface area (Å²) in [5, 5.41) is 45.7. The van der Waals surface area contributed by atoms with E-state index in [1.807, 2.05) is 0 Å². The van der Waals surface area contributed by atoms with Crippen molar-refractivity contribution in [3.05, 3.63) is 36.4 Å². The fourth-order valence-electron chi connectivity index (χ4n) is 6.01. The number of nitrogens with zero attached hydrogens (tertiary/aromatic N) is 10. The third kappa shape index (κ3) is 20.5. The van der Waals surface area contributed by atoms with E-state index >= 15 is 0 Å². The maximum Gasteiger partial charge on any atom is 0.410 e. The number of hydrogen-bond acceptors (Lipinski definition) is 18. The second kappa shape index (κ2) is 27.6. The first-order chi connectivity index (χ1) is 31.1. The third-order valence-corrected chi connectivity index (χ3v) is 9.66. The van der Waals surface area contributed by atoms with Crippen LogP contribution in [-0.2, 0) is 23.9 Å². The van der Waals surface area contributed by atoms with Gasteiger partial charge in [-0.3, -0.25) is 4.79 Å². The highest BCUT2D eigenvalue weighted by molar-refractivity contribution is 5.85. The molecule has 2 amide bonds. The van der Waals surface area contributed by atoms with Gasteiger partial charge in [0.25, 0.3) is 0 Å². The topological polar surface area (TPSA) is 340 Å².